The van der Waals surface area contributed by atoms with Crippen molar-refractivity contribution in [2.75, 3.05) is 10.2 Å². The maximum atomic E-state index is 15.3. The van der Waals surface area contributed by atoms with E-state index in [4.69, 9.17) is 8.83 Å². The summed E-state index contributed by atoms with van der Waals surface area (Å²) in [6.45, 7) is 0. The SMILES string of the molecule is Fc1ccc(C2Nc3cc4ccccc4cc3N2c2cccc3c2oc2ccccc23)c2oc3ccccc3c12. The molecule has 0 aliphatic carbocycles. The van der Waals surface area contributed by atoms with Gasteiger partial charge in [-0.25, -0.2) is 4.39 Å². The molecule has 40 heavy (non-hydrogen) atoms. The summed E-state index contributed by atoms with van der Waals surface area (Å²) in [5.41, 5.74) is 6.63. The molecule has 1 aliphatic heterocycles. The van der Waals surface area contributed by atoms with Crippen LogP contribution in [0.4, 0.5) is 21.5 Å². The number of benzene rings is 6. The second-order valence-corrected chi connectivity index (χ2v) is 10.3. The predicted molar refractivity (Wildman–Crippen MR) is 160 cm³/mol. The molecular formula is C35H21FN2O2. The van der Waals surface area contributed by atoms with Crippen molar-refractivity contribution < 1.29 is 13.2 Å². The molecule has 0 saturated carbocycles. The fourth-order valence-corrected chi connectivity index (χ4v) is 6.32. The minimum Gasteiger partial charge on any atom is -0.456 e. The molecule has 0 radical (unpaired) electrons. The van der Waals surface area contributed by atoms with Crippen LogP contribution in [0.1, 0.15) is 11.7 Å². The van der Waals surface area contributed by atoms with E-state index in [2.05, 4.69) is 64.8 Å². The van der Waals surface area contributed by atoms with E-state index >= 15 is 4.39 Å². The molecule has 0 spiro atoms. The van der Waals surface area contributed by atoms with Gasteiger partial charge in [0.15, 0.2) is 5.58 Å². The maximum absolute atomic E-state index is 15.3. The second-order valence-electron chi connectivity index (χ2n) is 10.3. The number of nitrogens with one attached hydrogen (secondary N) is 1. The number of rotatable bonds is 2. The smallest absolute Gasteiger partial charge is 0.159 e. The summed E-state index contributed by atoms with van der Waals surface area (Å²) in [5.74, 6) is -0.295. The highest BCUT2D eigenvalue weighted by molar-refractivity contribution is 6.11. The number of nitrogens with zero attached hydrogens (tertiary/aromatic N) is 1. The van der Waals surface area contributed by atoms with Gasteiger partial charge >= 0.3 is 0 Å². The molecule has 0 fully saturated rings. The fourth-order valence-electron chi connectivity index (χ4n) is 6.32. The van der Waals surface area contributed by atoms with Crippen molar-refractivity contribution in [3.8, 4) is 0 Å². The van der Waals surface area contributed by atoms with E-state index in [-0.39, 0.29) is 12.0 Å². The lowest BCUT2D eigenvalue weighted by molar-refractivity contribution is 0.627. The normalized spacial score (nSPS) is 15.0. The van der Waals surface area contributed by atoms with E-state index in [1.165, 1.54) is 0 Å². The van der Waals surface area contributed by atoms with Crippen molar-refractivity contribution in [1.82, 2.24) is 0 Å². The standard InChI is InChI=1S/C35H21FN2O2/c36-26-17-16-25(34-32(26)24-11-4-6-15-31(24)40-34)35-37-27-18-20-8-1-2-9-21(20)19-29(27)38(35)28-13-7-12-23-22-10-3-5-14-30(22)39-33(23)28/h1-19,35,37H. The van der Waals surface area contributed by atoms with Crippen molar-refractivity contribution in [2.45, 2.75) is 6.17 Å². The highest BCUT2D eigenvalue weighted by Gasteiger charge is 2.36. The van der Waals surface area contributed by atoms with Crippen LogP contribution in [-0.2, 0) is 0 Å². The molecule has 4 nitrogen and oxygen atoms in total. The van der Waals surface area contributed by atoms with Gasteiger partial charge in [0.05, 0.1) is 22.4 Å². The number of fused-ring (bicyclic) bond motifs is 8. The lowest BCUT2D eigenvalue weighted by Gasteiger charge is -2.27. The third kappa shape index (κ3) is 2.89. The summed E-state index contributed by atoms with van der Waals surface area (Å²) in [7, 11) is 0. The quantitative estimate of drug-likeness (QED) is 0.246. The van der Waals surface area contributed by atoms with Gasteiger partial charge in [-0.1, -0.05) is 72.8 Å². The van der Waals surface area contributed by atoms with E-state index in [9.17, 15) is 0 Å². The van der Waals surface area contributed by atoms with Crippen LogP contribution in [0.15, 0.2) is 124 Å². The molecule has 1 N–H and O–H groups in total. The lowest BCUT2D eigenvalue weighted by Crippen LogP contribution is -2.23. The number of halogens is 1. The Morgan fingerprint density at radius 3 is 2.12 bits per heavy atom. The minimum atomic E-state index is -0.366. The fraction of sp³-hybridized carbons (Fsp3) is 0.0286. The molecular weight excluding hydrogens is 499 g/mol. The molecule has 0 saturated heterocycles. The van der Waals surface area contributed by atoms with E-state index < -0.39 is 0 Å². The van der Waals surface area contributed by atoms with Crippen LogP contribution in [0.5, 0.6) is 0 Å². The minimum absolute atomic E-state index is 0.295. The number of hydrogen-bond donors (Lipinski definition) is 1. The number of para-hydroxylation sites is 3. The first-order chi connectivity index (χ1) is 19.7. The number of anilines is 3. The van der Waals surface area contributed by atoms with Gasteiger partial charge in [-0.2, -0.15) is 0 Å². The van der Waals surface area contributed by atoms with Gasteiger partial charge in [0.1, 0.15) is 28.7 Å². The van der Waals surface area contributed by atoms with Crippen LogP contribution in [0.25, 0.3) is 54.6 Å². The van der Waals surface area contributed by atoms with Crippen LogP contribution in [0.3, 0.4) is 0 Å². The molecule has 8 aromatic rings. The van der Waals surface area contributed by atoms with Gasteiger partial charge in [0, 0.05) is 21.7 Å². The molecule has 3 heterocycles. The van der Waals surface area contributed by atoms with Crippen LogP contribution < -0.4 is 10.2 Å². The average Bonchev–Trinajstić information content (AvgIpc) is 3.67. The molecule has 5 heteroatoms. The van der Waals surface area contributed by atoms with Gasteiger partial charge in [-0.15, -0.1) is 0 Å². The molecule has 9 rings (SSSR count). The average molecular weight is 521 g/mol. The van der Waals surface area contributed by atoms with Gasteiger partial charge < -0.3 is 19.1 Å². The van der Waals surface area contributed by atoms with E-state index in [1.54, 1.807) is 6.07 Å². The number of hydrogen-bond acceptors (Lipinski definition) is 4. The lowest BCUT2D eigenvalue weighted by atomic mass is 10.0. The van der Waals surface area contributed by atoms with Gasteiger partial charge in [0.25, 0.3) is 0 Å². The molecule has 0 bridgehead atoms. The van der Waals surface area contributed by atoms with E-state index in [0.29, 0.717) is 16.6 Å². The summed E-state index contributed by atoms with van der Waals surface area (Å²) in [5, 5.41) is 9.42. The molecule has 0 amide bonds. The highest BCUT2D eigenvalue weighted by Crippen LogP contribution is 2.51. The zero-order valence-electron chi connectivity index (χ0n) is 21.2. The largest absolute Gasteiger partial charge is 0.456 e. The third-order valence-corrected chi connectivity index (χ3v) is 8.12. The summed E-state index contributed by atoms with van der Waals surface area (Å²) in [6, 6.07) is 38.1. The van der Waals surface area contributed by atoms with Crippen LogP contribution in [-0.4, -0.2) is 0 Å². The Balaban J connectivity index is 1.35. The summed E-state index contributed by atoms with van der Waals surface area (Å²) < 4.78 is 28.1. The Morgan fingerprint density at radius 2 is 1.27 bits per heavy atom. The van der Waals surface area contributed by atoms with E-state index in [1.807, 2.05) is 54.6 Å². The monoisotopic (exact) mass is 520 g/mol. The van der Waals surface area contributed by atoms with Crippen molar-refractivity contribution in [3.05, 3.63) is 127 Å². The Bertz CT molecular complexity index is 2300. The molecule has 190 valence electrons. The van der Waals surface area contributed by atoms with Crippen molar-refractivity contribution in [3.63, 3.8) is 0 Å². The van der Waals surface area contributed by atoms with Crippen LogP contribution in [0, 0.1) is 5.82 Å². The van der Waals surface area contributed by atoms with Gasteiger partial charge in [-0.05, 0) is 53.2 Å². The Labute approximate surface area is 227 Å². The maximum Gasteiger partial charge on any atom is 0.159 e. The molecule has 1 atom stereocenters. The van der Waals surface area contributed by atoms with Gasteiger partial charge in [0.2, 0.25) is 0 Å². The number of furan rings is 2. The third-order valence-electron chi connectivity index (χ3n) is 8.12. The van der Waals surface area contributed by atoms with Crippen molar-refractivity contribution in [1.29, 1.82) is 0 Å². The summed E-state index contributed by atoms with van der Waals surface area (Å²) in [4.78, 5) is 2.26. The van der Waals surface area contributed by atoms with E-state index in [0.717, 1.165) is 60.7 Å². The summed E-state index contributed by atoms with van der Waals surface area (Å²) in [6.07, 6.45) is -0.366. The molecule has 6 aromatic carbocycles. The zero-order chi connectivity index (χ0) is 26.4. The molecule has 1 unspecified atom stereocenters. The second kappa shape index (κ2) is 7.87. The zero-order valence-corrected chi connectivity index (χ0v) is 21.2. The Hall–Kier alpha value is -5.29. The van der Waals surface area contributed by atoms with Crippen molar-refractivity contribution >= 4 is 71.7 Å². The topological polar surface area (TPSA) is 41.5 Å². The first-order valence-corrected chi connectivity index (χ1v) is 13.3. The molecule has 1 aliphatic rings. The Kier molecular flexibility index (Phi) is 4.25. The predicted octanol–water partition coefficient (Wildman–Crippen LogP) is 10.0. The summed E-state index contributed by atoms with van der Waals surface area (Å²) >= 11 is 0. The van der Waals surface area contributed by atoms with Crippen LogP contribution in [0.2, 0.25) is 0 Å². The highest BCUT2D eigenvalue weighted by atomic mass is 19.1. The molecule has 2 aromatic heterocycles. The van der Waals surface area contributed by atoms with Crippen molar-refractivity contribution in [2.24, 2.45) is 0 Å². The van der Waals surface area contributed by atoms with Gasteiger partial charge in [-0.3, -0.25) is 0 Å². The van der Waals surface area contributed by atoms with Crippen LogP contribution >= 0.6 is 0 Å². The first-order valence-electron chi connectivity index (χ1n) is 13.3. The first kappa shape index (κ1) is 21.6. The Morgan fingerprint density at radius 1 is 0.600 bits per heavy atom.